The molecule has 0 spiro atoms. The third kappa shape index (κ3) is 3.31. The Balaban J connectivity index is 1.76. The molecule has 1 amide bonds. The molecule has 144 valence electrons. The van der Waals surface area contributed by atoms with Crippen molar-refractivity contribution in [3.05, 3.63) is 36.2 Å². The number of hydrogen-bond acceptors (Lipinski definition) is 6. The maximum atomic E-state index is 11.3. The summed E-state index contributed by atoms with van der Waals surface area (Å²) in [6.07, 6.45) is 2.56. The first-order valence-electron chi connectivity index (χ1n) is 9.12. The summed E-state index contributed by atoms with van der Waals surface area (Å²) < 4.78 is 1.98. The summed E-state index contributed by atoms with van der Waals surface area (Å²) in [7, 11) is 3.82. The predicted molar refractivity (Wildman–Crippen MR) is 114 cm³/mol. The van der Waals surface area contributed by atoms with E-state index < -0.39 is 0 Å². The largest absolute Gasteiger partial charge is 0.371 e. The number of thiazole rings is 1. The second-order valence-electron chi connectivity index (χ2n) is 6.94. The van der Waals surface area contributed by atoms with Gasteiger partial charge < -0.3 is 15.2 Å². The van der Waals surface area contributed by atoms with Crippen molar-refractivity contribution in [1.82, 2.24) is 24.8 Å². The molecule has 7 nitrogen and oxygen atoms in total. The van der Waals surface area contributed by atoms with E-state index in [-0.39, 0.29) is 11.9 Å². The van der Waals surface area contributed by atoms with E-state index in [0.717, 1.165) is 49.8 Å². The van der Waals surface area contributed by atoms with Crippen molar-refractivity contribution in [3.63, 3.8) is 0 Å². The van der Waals surface area contributed by atoms with Gasteiger partial charge in [-0.2, -0.15) is 0 Å². The SMILES string of the molecule is CNc1nc2sc(-c3cccc(CC(C)NC(C)=O)c3)nc2c2c1ncn2C. The Morgan fingerprint density at radius 1 is 1.29 bits per heavy atom. The fraction of sp³-hybridized carbons (Fsp3) is 0.300. The van der Waals surface area contributed by atoms with Crippen LogP contribution in [0.2, 0.25) is 0 Å². The van der Waals surface area contributed by atoms with Gasteiger partial charge in [0.1, 0.15) is 26.4 Å². The first-order chi connectivity index (χ1) is 13.5. The molecule has 1 atom stereocenters. The van der Waals surface area contributed by atoms with E-state index in [0.29, 0.717) is 0 Å². The molecule has 4 rings (SSSR count). The number of anilines is 1. The van der Waals surface area contributed by atoms with E-state index >= 15 is 0 Å². The van der Waals surface area contributed by atoms with Gasteiger partial charge in [0.25, 0.3) is 0 Å². The van der Waals surface area contributed by atoms with E-state index in [2.05, 4.69) is 33.8 Å². The number of benzene rings is 1. The lowest BCUT2D eigenvalue weighted by Crippen LogP contribution is -2.31. The Morgan fingerprint density at radius 2 is 2.11 bits per heavy atom. The average molecular weight is 395 g/mol. The molecule has 0 bridgehead atoms. The number of aryl methyl sites for hydroxylation is 1. The number of rotatable bonds is 5. The quantitative estimate of drug-likeness (QED) is 0.542. The lowest BCUT2D eigenvalue weighted by atomic mass is 10.0. The van der Waals surface area contributed by atoms with Gasteiger partial charge in [0.2, 0.25) is 5.91 Å². The Hall–Kier alpha value is -3.00. The summed E-state index contributed by atoms with van der Waals surface area (Å²) in [5.41, 5.74) is 4.88. The zero-order valence-corrected chi connectivity index (χ0v) is 17.1. The summed E-state index contributed by atoms with van der Waals surface area (Å²) in [4.78, 5) is 26.2. The molecule has 0 aliphatic rings. The number of aromatic nitrogens is 4. The molecule has 28 heavy (non-hydrogen) atoms. The number of imidazole rings is 1. The maximum absolute atomic E-state index is 11.3. The fourth-order valence-electron chi connectivity index (χ4n) is 3.46. The first kappa shape index (κ1) is 18.4. The fourth-order valence-corrected chi connectivity index (χ4v) is 4.40. The monoisotopic (exact) mass is 394 g/mol. The molecule has 3 heterocycles. The van der Waals surface area contributed by atoms with Crippen LogP contribution in [0.15, 0.2) is 30.6 Å². The highest BCUT2D eigenvalue weighted by Crippen LogP contribution is 2.35. The Kier molecular flexibility index (Phi) is 4.72. The Morgan fingerprint density at radius 3 is 2.86 bits per heavy atom. The molecule has 0 radical (unpaired) electrons. The molecule has 1 aromatic carbocycles. The highest BCUT2D eigenvalue weighted by molar-refractivity contribution is 7.21. The highest BCUT2D eigenvalue weighted by atomic mass is 32.1. The Bertz CT molecular complexity index is 1180. The first-order valence-corrected chi connectivity index (χ1v) is 9.93. The lowest BCUT2D eigenvalue weighted by Gasteiger charge is -2.12. The lowest BCUT2D eigenvalue weighted by molar-refractivity contribution is -0.119. The number of nitrogens with zero attached hydrogens (tertiary/aromatic N) is 4. The average Bonchev–Trinajstić information content (AvgIpc) is 3.24. The summed E-state index contributed by atoms with van der Waals surface area (Å²) >= 11 is 1.57. The van der Waals surface area contributed by atoms with Crippen molar-refractivity contribution >= 4 is 44.4 Å². The number of nitrogens with one attached hydrogen (secondary N) is 2. The van der Waals surface area contributed by atoms with Crippen LogP contribution in [0.25, 0.3) is 32.0 Å². The predicted octanol–water partition coefficient (Wildman–Crippen LogP) is 3.35. The van der Waals surface area contributed by atoms with Gasteiger partial charge in [-0.3, -0.25) is 4.79 Å². The molecule has 8 heteroatoms. The topological polar surface area (TPSA) is 84.7 Å². The molecule has 0 saturated carbocycles. The van der Waals surface area contributed by atoms with Crippen molar-refractivity contribution < 1.29 is 4.79 Å². The smallest absolute Gasteiger partial charge is 0.217 e. The van der Waals surface area contributed by atoms with Crippen LogP contribution in [0, 0.1) is 0 Å². The van der Waals surface area contributed by atoms with Crippen molar-refractivity contribution in [2.75, 3.05) is 12.4 Å². The van der Waals surface area contributed by atoms with Crippen LogP contribution >= 0.6 is 11.3 Å². The molecule has 0 saturated heterocycles. The van der Waals surface area contributed by atoms with Gasteiger partial charge in [-0.15, -0.1) is 0 Å². The maximum Gasteiger partial charge on any atom is 0.217 e. The van der Waals surface area contributed by atoms with Crippen LogP contribution in [0.3, 0.4) is 0 Å². The summed E-state index contributed by atoms with van der Waals surface area (Å²) in [6, 6.07) is 8.38. The summed E-state index contributed by atoms with van der Waals surface area (Å²) in [5, 5.41) is 6.98. The van der Waals surface area contributed by atoms with E-state index in [4.69, 9.17) is 9.97 Å². The third-order valence-corrected chi connectivity index (χ3v) is 5.61. The number of amides is 1. The van der Waals surface area contributed by atoms with Crippen LogP contribution in [-0.2, 0) is 18.3 Å². The zero-order valence-electron chi connectivity index (χ0n) is 16.3. The van der Waals surface area contributed by atoms with Crippen LogP contribution in [0.1, 0.15) is 19.4 Å². The normalized spacial score (nSPS) is 12.4. The molecule has 4 aromatic rings. The van der Waals surface area contributed by atoms with E-state index in [1.807, 2.05) is 31.7 Å². The van der Waals surface area contributed by atoms with Crippen molar-refractivity contribution in [2.45, 2.75) is 26.3 Å². The molecule has 1 unspecified atom stereocenters. The van der Waals surface area contributed by atoms with Gasteiger partial charge >= 0.3 is 0 Å². The molecule has 0 aliphatic heterocycles. The number of fused-ring (bicyclic) bond motifs is 3. The van der Waals surface area contributed by atoms with Gasteiger partial charge in [-0.1, -0.05) is 29.5 Å². The van der Waals surface area contributed by atoms with Crippen LogP contribution in [-0.4, -0.2) is 38.5 Å². The van der Waals surface area contributed by atoms with Gasteiger partial charge in [0, 0.05) is 32.6 Å². The van der Waals surface area contributed by atoms with E-state index in [9.17, 15) is 4.79 Å². The zero-order chi connectivity index (χ0) is 19.8. The van der Waals surface area contributed by atoms with Crippen molar-refractivity contribution in [1.29, 1.82) is 0 Å². The molecule has 3 aromatic heterocycles. The summed E-state index contributed by atoms with van der Waals surface area (Å²) in [5.74, 6) is 0.748. The van der Waals surface area contributed by atoms with Gasteiger partial charge in [0.05, 0.1) is 6.33 Å². The number of pyridine rings is 1. The molecule has 2 N–H and O–H groups in total. The second-order valence-corrected chi connectivity index (χ2v) is 7.92. The number of hydrogen-bond donors (Lipinski definition) is 2. The highest BCUT2D eigenvalue weighted by Gasteiger charge is 2.17. The third-order valence-electron chi connectivity index (χ3n) is 4.61. The minimum absolute atomic E-state index is 0.0126. The molecule has 0 fully saturated rings. The van der Waals surface area contributed by atoms with Crippen molar-refractivity contribution in [2.24, 2.45) is 7.05 Å². The molecule has 0 aliphatic carbocycles. The van der Waals surface area contributed by atoms with Gasteiger partial charge in [-0.05, 0) is 25.0 Å². The number of carbonyl (C=O) groups excluding carboxylic acids is 1. The van der Waals surface area contributed by atoms with Gasteiger partial charge in [-0.25, -0.2) is 15.0 Å². The Labute approximate surface area is 166 Å². The standard InChI is InChI=1S/C20H22N6OS/c1-11(23-12(2)27)8-13-6-5-7-14(9-13)19-24-16-17-15(22-10-26(17)4)18(21-3)25-20(16)28-19/h5-7,9-11H,8H2,1-4H3,(H,21,25)(H,23,27). The van der Waals surface area contributed by atoms with Crippen LogP contribution in [0.4, 0.5) is 5.82 Å². The minimum atomic E-state index is -0.0126. The minimum Gasteiger partial charge on any atom is -0.371 e. The van der Waals surface area contributed by atoms with Crippen LogP contribution < -0.4 is 10.6 Å². The summed E-state index contributed by atoms with van der Waals surface area (Å²) in [6.45, 7) is 3.55. The second kappa shape index (κ2) is 7.20. The van der Waals surface area contributed by atoms with Gasteiger partial charge in [0.15, 0.2) is 5.82 Å². The molecular weight excluding hydrogens is 372 g/mol. The van der Waals surface area contributed by atoms with E-state index in [1.54, 1.807) is 24.6 Å². The number of carbonyl (C=O) groups is 1. The molecular formula is C20H22N6OS. The van der Waals surface area contributed by atoms with Crippen LogP contribution in [0.5, 0.6) is 0 Å². The van der Waals surface area contributed by atoms with Crippen molar-refractivity contribution in [3.8, 4) is 10.6 Å². The van der Waals surface area contributed by atoms with E-state index in [1.165, 1.54) is 0 Å².